The summed E-state index contributed by atoms with van der Waals surface area (Å²) >= 11 is 1.65. The Morgan fingerprint density at radius 3 is 2.31 bits per heavy atom. The number of halogens is 1. The van der Waals surface area contributed by atoms with Gasteiger partial charge in [-0.3, -0.25) is 14.5 Å². The first-order valence-electron chi connectivity index (χ1n) is 11.9. The van der Waals surface area contributed by atoms with Crippen molar-refractivity contribution in [3.05, 3.63) is 82.3 Å². The number of anilines is 1. The zero-order valence-corrected chi connectivity index (χ0v) is 21.3. The Kier molecular flexibility index (Phi) is 8.56. The van der Waals surface area contributed by atoms with Gasteiger partial charge in [-0.05, 0) is 60.3 Å². The molecule has 2 N–H and O–H groups in total. The topological polar surface area (TPSA) is 73.9 Å². The van der Waals surface area contributed by atoms with Gasteiger partial charge in [-0.2, -0.15) is 0 Å². The van der Waals surface area contributed by atoms with E-state index in [9.17, 15) is 14.0 Å². The number of amides is 2. The smallest absolute Gasteiger partial charge is 0.309 e. The first-order valence-corrected chi connectivity index (χ1v) is 12.8. The lowest BCUT2D eigenvalue weighted by Gasteiger charge is -2.42. The van der Waals surface area contributed by atoms with Gasteiger partial charge in [-0.1, -0.05) is 18.2 Å². The van der Waals surface area contributed by atoms with Crippen LogP contribution >= 0.6 is 11.3 Å². The van der Waals surface area contributed by atoms with Gasteiger partial charge in [0.1, 0.15) is 11.6 Å². The number of hydrogen-bond acceptors (Lipinski definition) is 6. The Labute approximate surface area is 214 Å². The Balaban J connectivity index is 1.35. The summed E-state index contributed by atoms with van der Waals surface area (Å²) in [6, 6.07) is 17.6. The Hall–Kier alpha value is -3.43. The molecule has 0 aliphatic carbocycles. The highest BCUT2D eigenvalue weighted by molar-refractivity contribution is 7.10. The van der Waals surface area contributed by atoms with Crippen molar-refractivity contribution < 1.29 is 18.7 Å². The molecule has 1 aliphatic rings. The fourth-order valence-electron chi connectivity index (χ4n) is 4.47. The van der Waals surface area contributed by atoms with Crippen LogP contribution < -0.4 is 20.3 Å². The van der Waals surface area contributed by atoms with Crippen molar-refractivity contribution in [1.29, 1.82) is 0 Å². The van der Waals surface area contributed by atoms with Crippen LogP contribution in [0.4, 0.5) is 10.1 Å². The summed E-state index contributed by atoms with van der Waals surface area (Å²) in [5.41, 5.74) is 1.87. The van der Waals surface area contributed by atoms with Crippen LogP contribution in [0.2, 0.25) is 0 Å². The number of nitrogens with one attached hydrogen (secondary N) is 2. The van der Waals surface area contributed by atoms with Crippen molar-refractivity contribution in [1.82, 2.24) is 15.5 Å². The molecule has 7 nitrogen and oxygen atoms in total. The van der Waals surface area contributed by atoms with Gasteiger partial charge in [-0.15, -0.1) is 11.3 Å². The van der Waals surface area contributed by atoms with Crippen molar-refractivity contribution in [3.63, 3.8) is 0 Å². The second kappa shape index (κ2) is 12.0. The number of carbonyl (C=O) groups is 2. The summed E-state index contributed by atoms with van der Waals surface area (Å²) in [6.45, 7) is 5.45. The van der Waals surface area contributed by atoms with E-state index in [0.717, 1.165) is 48.1 Å². The maximum absolute atomic E-state index is 13.1. The number of piperazine rings is 1. The van der Waals surface area contributed by atoms with E-state index in [1.807, 2.05) is 30.5 Å². The minimum Gasteiger partial charge on any atom is -0.497 e. The highest BCUT2D eigenvalue weighted by Gasteiger charge is 2.32. The Morgan fingerprint density at radius 2 is 1.69 bits per heavy atom. The zero-order chi connectivity index (χ0) is 25.5. The van der Waals surface area contributed by atoms with Gasteiger partial charge in [0.05, 0.1) is 13.2 Å². The van der Waals surface area contributed by atoms with Crippen LogP contribution in [0.5, 0.6) is 5.75 Å². The predicted octanol–water partition coefficient (Wildman–Crippen LogP) is 3.58. The molecule has 2 amide bonds. The molecule has 3 aromatic rings. The molecule has 0 radical (unpaired) electrons. The van der Waals surface area contributed by atoms with E-state index in [1.165, 1.54) is 12.1 Å². The summed E-state index contributed by atoms with van der Waals surface area (Å²) in [7, 11) is 1.66. The van der Waals surface area contributed by atoms with E-state index in [1.54, 1.807) is 30.6 Å². The number of ether oxygens (including phenoxy) is 1. The van der Waals surface area contributed by atoms with E-state index < -0.39 is 11.8 Å². The van der Waals surface area contributed by atoms with Crippen molar-refractivity contribution in [2.75, 3.05) is 38.2 Å². The molecule has 1 aromatic heterocycles. The maximum Gasteiger partial charge on any atom is 0.309 e. The summed E-state index contributed by atoms with van der Waals surface area (Å²) in [6.07, 6.45) is 0. The van der Waals surface area contributed by atoms with Gasteiger partial charge < -0.3 is 20.3 Å². The number of benzene rings is 2. The molecule has 9 heteroatoms. The van der Waals surface area contributed by atoms with Crippen LogP contribution in [0.1, 0.15) is 23.4 Å². The minimum atomic E-state index is -0.708. The highest BCUT2D eigenvalue weighted by Crippen LogP contribution is 2.30. The van der Waals surface area contributed by atoms with E-state index in [2.05, 4.69) is 38.6 Å². The van der Waals surface area contributed by atoms with Crippen molar-refractivity contribution in [2.45, 2.75) is 25.6 Å². The van der Waals surface area contributed by atoms with E-state index in [4.69, 9.17) is 4.74 Å². The molecule has 4 rings (SSSR count). The van der Waals surface area contributed by atoms with Gasteiger partial charge in [0.15, 0.2) is 0 Å². The number of carbonyl (C=O) groups excluding carboxylic acids is 2. The van der Waals surface area contributed by atoms with E-state index in [-0.39, 0.29) is 24.4 Å². The Morgan fingerprint density at radius 1 is 1.00 bits per heavy atom. The van der Waals surface area contributed by atoms with Crippen LogP contribution in [0, 0.1) is 5.82 Å². The molecule has 1 saturated heterocycles. The molecule has 2 heterocycles. The minimum absolute atomic E-state index is 0.0446. The molecule has 0 bridgehead atoms. The molecule has 1 fully saturated rings. The third-order valence-corrected chi connectivity index (χ3v) is 7.33. The third kappa shape index (κ3) is 6.41. The second-order valence-corrected chi connectivity index (χ2v) is 9.73. The molecular weight excluding hydrogens is 479 g/mol. The van der Waals surface area contributed by atoms with Gasteiger partial charge >= 0.3 is 11.8 Å². The van der Waals surface area contributed by atoms with Gasteiger partial charge in [0.2, 0.25) is 0 Å². The number of methoxy groups -OCH3 is 1. The van der Waals surface area contributed by atoms with Crippen LogP contribution in [0.3, 0.4) is 0 Å². The van der Waals surface area contributed by atoms with Crippen LogP contribution in [-0.2, 0) is 16.1 Å². The van der Waals surface area contributed by atoms with Crippen molar-refractivity contribution >= 4 is 28.8 Å². The normalized spacial score (nSPS) is 15.7. The molecule has 0 saturated carbocycles. The van der Waals surface area contributed by atoms with Crippen molar-refractivity contribution in [3.8, 4) is 5.75 Å². The molecule has 1 aliphatic heterocycles. The average molecular weight is 511 g/mol. The van der Waals surface area contributed by atoms with Gasteiger partial charge in [0, 0.05) is 49.3 Å². The van der Waals surface area contributed by atoms with E-state index in [0.29, 0.717) is 0 Å². The predicted molar refractivity (Wildman–Crippen MR) is 140 cm³/mol. The summed E-state index contributed by atoms with van der Waals surface area (Å²) in [5, 5.41) is 7.53. The highest BCUT2D eigenvalue weighted by atomic mass is 32.1. The number of hydrogen-bond donors (Lipinski definition) is 2. The van der Waals surface area contributed by atoms with Crippen LogP contribution in [-0.4, -0.2) is 56.0 Å². The number of nitrogens with zero attached hydrogens (tertiary/aromatic N) is 2. The molecule has 2 atom stereocenters. The lowest BCUT2D eigenvalue weighted by Crippen LogP contribution is -2.53. The molecule has 190 valence electrons. The first kappa shape index (κ1) is 25.7. The first-order chi connectivity index (χ1) is 17.4. The van der Waals surface area contributed by atoms with Crippen LogP contribution in [0.15, 0.2) is 66.0 Å². The third-order valence-electron chi connectivity index (χ3n) is 6.38. The van der Waals surface area contributed by atoms with Crippen LogP contribution in [0.25, 0.3) is 0 Å². The summed E-state index contributed by atoms with van der Waals surface area (Å²) in [5.74, 6) is -0.897. The van der Waals surface area contributed by atoms with Gasteiger partial charge in [0.25, 0.3) is 0 Å². The fourth-order valence-corrected chi connectivity index (χ4v) is 5.43. The van der Waals surface area contributed by atoms with E-state index >= 15 is 0 Å². The standard InChI is InChI=1S/C27H31FN4O3S/c1-19(30-27(34)26(33)29-18-20-5-7-21(28)8-6-20)25(24-4-3-17-36-24)32-15-13-31(14-16-32)22-9-11-23(35-2)12-10-22/h3-12,17,19,25H,13-16,18H2,1-2H3,(H,29,33)(H,30,34)/t19-,25-/m0/s1. The van der Waals surface area contributed by atoms with Crippen molar-refractivity contribution in [2.24, 2.45) is 0 Å². The lowest BCUT2D eigenvalue weighted by molar-refractivity contribution is -0.140. The lowest BCUT2D eigenvalue weighted by atomic mass is 10.0. The monoisotopic (exact) mass is 510 g/mol. The molecule has 2 aromatic carbocycles. The molecule has 0 spiro atoms. The SMILES string of the molecule is COc1ccc(N2CCN([C@H](c3cccs3)[C@H](C)NC(=O)C(=O)NCc3ccc(F)cc3)CC2)cc1. The summed E-state index contributed by atoms with van der Waals surface area (Å²) < 4.78 is 18.3. The second-order valence-electron chi connectivity index (χ2n) is 8.75. The fraction of sp³-hybridized carbons (Fsp3) is 0.333. The molecular formula is C27H31FN4O3S. The largest absolute Gasteiger partial charge is 0.497 e. The molecule has 36 heavy (non-hydrogen) atoms. The Bertz CT molecular complexity index is 1130. The zero-order valence-electron chi connectivity index (χ0n) is 20.4. The van der Waals surface area contributed by atoms with Gasteiger partial charge in [-0.25, -0.2) is 4.39 Å². The summed E-state index contributed by atoms with van der Waals surface area (Å²) in [4.78, 5) is 30.9. The maximum atomic E-state index is 13.1. The average Bonchev–Trinajstić information content (AvgIpc) is 3.43. The number of rotatable bonds is 8. The quantitative estimate of drug-likeness (QED) is 0.453. The molecule has 0 unspecified atom stereocenters. The number of thiophene rings is 1.